The Labute approximate surface area is 357 Å². The molecule has 4 aromatic carbocycles. The molecule has 6 rings (SSSR count). The standard InChI is InChI=1S/C18H18BF3O3PS.C17H19BOP.C2F6O5S2/c19-26(13-25-27(23,24)18(20,21)22)16(14-7-3-1-4-8-14)11-12-17(26)15-9-5-2-6-10-15;18-20(13-19)16(14-7-3-1-4-8-14)11-12-17(20)15-9-5-2-6-10-15;3-1(4,5)14(9,10)13-15(11,12)2(6,7)8/h1-10,16-17H,11-13H2;1-10,16-17,19H,11-13H2;/q2*+1;/t16-,17?,26?;16-,17?,20?;/m11./s1. The largest absolute Gasteiger partial charge is 0.524 e. The lowest BCUT2D eigenvalue weighted by molar-refractivity contribution is -0.0586. The number of aliphatic hydroxyl groups excluding tert-OH is 1. The molecule has 0 spiro atoms. The Morgan fingerprint density at radius 1 is 0.468 bits per heavy atom. The van der Waals surface area contributed by atoms with Crippen LogP contribution < -0.4 is 0 Å². The SMILES string of the molecule is O=S(=O)(OS(=O)(=O)C(F)(F)F)C(F)(F)F.[B][P+]1(CO)C(c2ccccc2)CC[C@@H]1c1ccccc1.[B][P+]1(COS(=O)(=O)C(F)(F)F)C(c2ccccc2)CC[C@@H]1c1ccccc1. The van der Waals surface area contributed by atoms with E-state index in [1.165, 1.54) is 11.1 Å². The van der Waals surface area contributed by atoms with E-state index in [1.807, 2.05) is 76.4 Å². The number of halogens is 9. The highest BCUT2D eigenvalue weighted by Crippen LogP contribution is 2.82. The smallest absolute Gasteiger partial charge is 0.363 e. The summed E-state index contributed by atoms with van der Waals surface area (Å²) in [5.74, 6) is 0. The molecule has 4 unspecified atom stereocenters. The van der Waals surface area contributed by atoms with Crippen molar-refractivity contribution in [2.24, 2.45) is 0 Å². The summed E-state index contributed by atoms with van der Waals surface area (Å²) >= 11 is 0. The van der Waals surface area contributed by atoms with Crippen LogP contribution in [-0.4, -0.2) is 74.7 Å². The van der Waals surface area contributed by atoms with Gasteiger partial charge in [0, 0.05) is 14.3 Å². The molecule has 2 aliphatic heterocycles. The summed E-state index contributed by atoms with van der Waals surface area (Å²) in [5, 5.41) is 10.0. The molecule has 0 aliphatic carbocycles. The minimum atomic E-state index is -6.85. The molecule has 0 saturated carbocycles. The Bertz CT molecular complexity index is 2270. The number of hydrogen-bond acceptors (Lipinski definition) is 9. The quantitative estimate of drug-likeness (QED) is 0.0541. The number of alkyl halides is 9. The van der Waals surface area contributed by atoms with E-state index in [2.05, 4.69) is 52.7 Å². The van der Waals surface area contributed by atoms with Crippen LogP contribution in [0.1, 0.15) is 70.6 Å². The van der Waals surface area contributed by atoms with E-state index >= 15 is 0 Å². The molecule has 2 saturated heterocycles. The molecule has 2 aliphatic rings. The van der Waals surface area contributed by atoms with Crippen LogP contribution in [0.3, 0.4) is 0 Å². The van der Waals surface area contributed by atoms with Crippen molar-refractivity contribution in [3.8, 4) is 0 Å². The number of aliphatic hydroxyl groups is 1. The van der Waals surface area contributed by atoms with Gasteiger partial charge >= 0.3 is 62.0 Å². The molecule has 6 atom stereocenters. The van der Waals surface area contributed by atoms with Crippen LogP contribution in [0, 0.1) is 0 Å². The predicted octanol–water partition coefficient (Wildman–Crippen LogP) is 10.2. The van der Waals surface area contributed by atoms with Crippen LogP contribution in [0.5, 0.6) is 0 Å². The summed E-state index contributed by atoms with van der Waals surface area (Å²) < 4.78 is 176. The van der Waals surface area contributed by atoms with E-state index in [0.717, 1.165) is 24.0 Å². The van der Waals surface area contributed by atoms with Crippen molar-refractivity contribution in [3.63, 3.8) is 0 Å². The van der Waals surface area contributed by atoms with Crippen molar-refractivity contribution >= 4 is 59.8 Å². The van der Waals surface area contributed by atoms with Crippen LogP contribution in [0.4, 0.5) is 39.5 Å². The van der Waals surface area contributed by atoms with Crippen LogP contribution in [-0.2, 0) is 38.2 Å². The van der Waals surface area contributed by atoms with Crippen LogP contribution >= 0.6 is 14.3 Å². The molecule has 0 amide bonds. The lowest BCUT2D eigenvalue weighted by atomic mass is 10.0. The summed E-state index contributed by atoms with van der Waals surface area (Å²) in [6.45, 7) is 0. The Kier molecular flexibility index (Phi) is 16.7. The van der Waals surface area contributed by atoms with Gasteiger partial charge < -0.3 is 5.11 Å². The summed E-state index contributed by atoms with van der Waals surface area (Å²) in [4.78, 5) is 0. The fraction of sp³-hybridized carbons (Fsp3) is 0.351. The van der Waals surface area contributed by atoms with E-state index in [0.29, 0.717) is 24.2 Å². The van der Waals surface area contributed by atoms with Gasteiger partial charge in [-0.1, -0.05) is 121 Å². The van der Waals surface area contributed by atoms with E-state index in [-0.39, 0.29) is 17.7 Å². The molecule has 4 radical (unpaired) electrons. The first-order valence-electron chi connectivity index (χ1n) is 18.0. The number of rotatable bonds is 10. The summed E-state index contributed by atoms with van der Waals surface area (Å²) in [5.41, 5.74) is -13.4. The second-order valence-electron chi connectivity index (χ2n) is 14.0. The van der Waals surface area contributed by atoms with E-state index < -0.39 is 67.5 Å². The van der Waals surface area contributed by atoms with Gasteiger partial charge in [-0.25, -0.2) is 4.18 Å². The third-order valence-corrected chi connectivity index (χ3v) is 21.9. The highest BCUT2D eigenvalue weighted by atomic mass is 32.3. The summed E-state index contributed by atoms with van der Waals surface area (Å²) in [7, 11) is -10.6. The fourth-order valence-electron chi connectivity index (χ4n) is 7.30. The van der Waals surface area contributed by atoms with Crippen molar-refractivity contribution in [2.75, 3.05) is 12.7 Å². The van der Waals surface area contributed by atoms with Gasteiger partial charge in [-0.15, -0.1) is 3.63 Å². The van der Waals surface area contributed by atoms with E-state index in [4.69, 9.17) is 15.1 Å². The van der Waals surface area contributed by atoms with Crippen molar-refractivity contribution in [2.45, 2.75) is 64.8 Å². The second-order valence-corrected chi connectivity index (χ2v) is 25.9. The normalized spacial score (nSPS) is 24.6. The highest BCUT2D eigenvalue weighted by Gasteiger charge is 2.59. The lowest BCUT2D eigenvalue weighted by Gasteiger charge is -2.31. The van der Waals surface area contributed by atoms with Gasteiger partial charge in [-0.3, -0.25) is 0 Å². The molecule has 334 valence electrons. The number of hydrogen-bond donors (Lipinski definition) is 1. The molecule has 2 fully saturated rings. The minimum Gasteiger partial charge on any atom is -0.363 e. The highest BCUT2D eigenvalue weighted by molar-refractivity contribution is 8.00. The zero-order valence-corrected chi connectivity index (χ0v) is 36.2. The van der Waals surface area contributed by atoms with Crippen LogP contribution in [0.25, 0.3) is 0 Å². The topological polar surface area (TPSA) is 141 Å². The van der Waals surface area contributed by atoms with Crippen LogP contribution in [0.2, 0.25) is 0 Å². The van der Waals surface area contributed by atoms with Crippen molar-refractivity contribution < 1.29 is 77.7 Å². The van der Waals surface area contributed by atoms with E-state index in [9.17, 15) is 69.9 Å². The number of benzene rings is 4. The zero-order valence-electron chi connectivity index (χ0n) is 32.0. The van der Waals surface area contributed by atoms with Gasteiger partial charge in [0.1, 0.15) is 6.35 Å². The molecule has 4 aromatic rings. The maximum atomic E-state index is 12.7. The van der Waals surface area contributed by atoms with Gasteiger partial charge in [-0.05, 0) is 47.9 Å². The van der Waals surface area contributed by atoms with Gasteiger partial charge in [0.15, 0.2) is 6.35 Å². The first-order valence-corrected chi connectivity index (χ1v) is 26.6. The van der Waals surface area contributed by atoms with Crippen molar-refractivity contribution in [1.29, 1.82) is 0 Å². The molecule has 62 heavy (non-hydrogen) atoms. The van der Waals surface area contributed by atoms with E-state index in [1.54, 1.807) is 0 Å². The Morgan fingerprint density at radius 3 is 0.935 bits per heavy atom. The van der Waals surface area contributed by atoms with Crippen LogP contribution in [0.15, 0.2) is 121 Å². The van der Waals surface area contributed by atoms with Crippen molar-refractivity contribution in [3.05, 3.63) is 144 Å². The molecular weight excluding hydrogens is 939 g/mol. The maximum Gasteiger partial charge on any atom is 0.524 e. The fourth-order valence-corrected chi connectivity index (χ4v) is 17.3. The third-order valence-electron chi connectivity index (χ3n) is 10.2. The first kappa shape index (κ1) is 51.6. The summed E-state index contributed by atoms with van der Waals surface area (Å²) in [6.07, 6.45) is 3.00. The lowest BCUT2D eigenvalue weighted by Crippen LogP contribution is -2.34. The second kappa shape index (κ2) is 20.0. The Balaban J connectivity index is 0.000000215. The Hall–Kier alpha value is -3.03. The average molecular weight is 976 g/mol. The molecule has 2 heterocycles. The van der Waals surface area contributed by atoms with Gasteiger partial charge in [0.05, 0.1) is 22.6 Å². The first-order chi connectivity index (χ1) is 28.6. The molecule has 9 nitrogen and oxygen atoms in total. The molecule has 0 aromatic heterocycles. The maximum absolute atomic E-state index is 12.7. The average Bonchev–Trinajstić information content (AvgIpc) is 3.74. The molecule has 25 heteroatoms. The zero-order chi connectivity index (χ0) is 46.4. The molecular formula is C37H37B2F9O9P2S3+2. The molecule has 0 bridgehead atoms. The Morgan fingerprint density at radius 2 is 0.710 bits per heavy atom. The summed E-state index contributed by atoms with van der Waals surface area (Å²) in [6, 6.07) is 39.4. The molecule has 1 N–H and O–H groups in total. The monoisotopic (exact) mass is 976 g/mol. The van der Waals surface area contributed by atoms with Gasteiger partial charge in [0.25, 0.3) is 0 Å². The third kappa shape index (κ3) is 12.0. The van der Waals surface area contributed by atoms with Crippen molar-refractivity contribution in [1.82, 2.24) is 0 Å². The van der Waals surface area contributed by atoms with Gasteiger partial charge in [0.2, 0.25) is 0 Å². The predicted molar refractivity (Wildman–Crippen MR) is 220 cm³/mol. The minimum absolute atomic E-state index is 0.131. The van der Waals surface area contributed by atoms with Gasteiger partial charge in [-0.2, -0.15) is 64.8 Å².